The van der Waals surface area contributed by atoms with E-state index >= 15 is 0 Å². The molecule has 0 N–H and O–H groups in total. The maximum absolute atomic E-state index is 10.7. The largest absolute Gasteiger partial charge is 0.380 e. The Labute approximate surface area is 117 Å². The molecule has 0 aliphatic rings. The van der Waals surface area contributed by atoms with Crippen LogP contribution in [-0.2, 0) is 4.74 Å². The number of nitro groups is 1. The topological polar surface area (TPSA) is 68.5 Å². The van der Waals surface area contributed by atoms with Crippen molar-refractivity contribution < 1.29 is 9.66 Å². The molecule has 1 aromatic heterocycles. The SMILES string of the molecule is CCOCCN(C)c1ccc2cc([N+](=O)[O-])ccc2n1. The first kappa shape index (κ1) is 14.2. The number of aromatic nitrogens is 1. The molecule has 0 radical (unpaired) electrons. The van der Waals surface area contributed by atoms with Crippen molar-refractivity contribution in [1.29, 1.82) is 0 Å². The van der Waals surface area contributed by atoms with Crippen LogP contribution in [0, 0.1) is 10.1 Å². The molecule has 0 aliphatic carbocycles. The number of benzene rings is 1. The minimum Gasteiger partial charge on any atom is -0.380 e. The van der Waals surface area contributed by atoms with Crippen molar-refractivity contribution in [2.75, 3.05) is 31.7 Å². The number of likely N-dealkylation sites (N-methyl/N-ethyl adjacent to an activating group) is 1. The smallest absolute Gasteiger partial charge is 0.270 e. The Morgan fingerprint density at radius 3 is 2.85 bits per heavy atom. The van der Waals surface area contributed by atoms with Gasteiger partial charge in [-0.15, -0.1) is 0 Å². The molecule has 106 valence electrons. The maximum Gasteiger partial charge on any atom is 0.270 e. The molecule has 1 aromatic carbocycles. The first-order chi connectivity index (χ1) is 9.61. The van der Waals surface area contributed by atoms with Crippen LogP contribution in [0.1, 0.15) is 6.92 Å². The van der Waals surface area contributed by atoms with E-state index in [1.807, 2.05) is 31.0 Å². The lowest BCUT2D eigenvalue weighted by Crippen LogP contribution is -2.23. The molecule has 0 saturated heterocycles. The highest BCUT2D eigenvalue weighted by Gasteiger charge is 2.08. The highest BCUT2D eigenvalue weighted by molar-refractivity contribution is 5.82. The number of fused-ring (bicyclic) bond motifs is 1. The lowest BCUT2D eigenvalue weighted by molar-refractivity contribution is -0.384. The van der Waals surface area contributed by atoms with Crippen LogP contribution < -0.4 is 4.90 Å². The van der Waals surface area contributed by atoms with Crippen LogP contribution in [-0.4, -0.2) is 36.7 Å². The summed E-state index contributed by atoms with van der Waals surface area (Å²) in [5.41, 5.74) is 0.827. The molecule has 0 fully saturated rings. The highest BCUT2D eigenvalue weighted by Crippen LogP contribution is 2.22. The van der Waals surface area contributed by atoms with E-state index in [1.54, 1.807) is 6.07 Å². The van der Waals surface area contributed by atoms with Crippen molar-refractivity contribution in [2.24, 2.45) is 0 Å². The number of rotatable bonds is 6. The summed E-state index contributed by atoms with van der Waals surface area (Å²) in [6.07, 6.45) is 0. The number of hydrogen-bond acceptors (Lipinski definition) is 5. The highest BCUT2D eigenvalue weighted by atomic mass is 16.6. The molecule has 0 bridgehead atoms. The number of ether oxygens (including phenoxy) is 1. The van der Waals surface area contributed by atoms with E-state index in [9.17, 15) is 10.1 Å². The van der Waals surface area contributed by atoms with Crippen LogP contribution in [0.15, 0.2) is 30.3 Å². The molecule has 0 aliphatic heterocycles. The normalized spacial score (nSPS) is 10.7. The van der Waals surface area contributed by atoms with Gasteiger partial charge < -0.3 is 9.64 Å². The molecule has 6 heteroatoms. The van der Waals surface area contributed by atoms with Crippen molar-refractivity contribution in [1.82, 2.24) is 4.98 Å². The summed E-state index contributed by atoms with van der Waals surface area (Å²) >= 11 is 0. The molecule has 6 nitrogen and oxygen atoms in total. The Balaban J connectivity index is 2.21. The zero-order chi connectivity index (χ0) is 14.5. The van der Waals surface area contributed by atoms with Gasteiger partial charge in [0.2, 0.25) is 0 Å². The molecule has 2 rings (SSSR count). The second-order valence-electron chi connectivity index (χ2n) is 4.42. The molecule has 1 heterocycles. The first-order valence-corrected chi connectivity index (χ1v) is 6.46. The molecule has 0 spiro atoms. The summed E-state index contributed by atoms with van der Waals surface area (Å²) in [6, 6.07) is 8.39. The van der Waals surface area contributed by atoms with Crippen LogP contribution in [0.4, 0.5) is 11.5 Å². The van der Waals surface area contributed by atoms with Crippen LogP contribution in [0.2, 0.25) is 0 Å². The van der Waals surface area contributed by atoms with Crippen molar-refractivity contribution in [3.8, 4) is 0 Å². The van der Waals surface area contributed by atoms with Gasteiger partial charge in [0.15, 0.2) is 0 Å². The number of non-ortho nitro benzene ring substituents is 1. The zero-order valence-corrected chi connectivity index (χ0v) is 11.6. The van der Waals surface area contributed by atoms with Gasteiger partial charge in [0.1, 0.15) is 5.82 Å². The summed E-state index contributed by atoms with van der Waals surface area (Å²) in [7, 11) is 1.94. The predicted octanol–water partition coefficient (Wildman–Crippen LogP) is 2.62. The van der Waals surface area contributed by atoms with Crippen molar-refractivity contribution >= 4 is 22.4 Å². The van der Waals surface area contributed by atoms with E-state index in [1.165, 1.54) is 12.1 Å². The van der Waals surface area contributed by atoms with E-state index in [0.29, 0.717) is 13.2 Å². The number of nitrogens with zero attached hydrogens (tertiary/aromatic N) is 3. The van der Waals surface area contributed by atoms with Gasteiger partial charge in [-0.3, -0.25) is 10.1 Å². The Morgan fingerprint density at radius 1 is 1.35 bits per heavy atom. The van der Waals surface area contributed by atoms with E-state index in [-0.39, 0.29) is 5.69 Å². The molecule has 0 unspecified atom stereocenters. The fraction of sp³-hybridized carbons (Fsp3) is 0.357. The first-order valence-electron chi connectivity index (χ1n) is 6.46. The van der Waals surface area contributed by atoms with E-state index in [0.717, 1.165) is 23.3 Å². The monoisotopic (exact) mass is 275 g/mol. The summed E-state index contributed by atoms with van der Waals surface area (Å²) < 4.78 is 5.31. The zero-order valence-electron chi connectivity index (χ0n) is 11.6. The van der Waals surface area contributed by atoms with E-state index in [2.05, 4.69) is 4.98 Å². The van der Waals surface area contributed by atoms with Gasteiger partial charge in [-0.1, -0.05) is 0 Å². The van der Waals surface area contributed by atoms with Gasteiger partial charge in [-0.2, -0.15) is 0 Å². The molecule has 0 amide bonds. The van der Waals surface area contributed by atoms with E-state index < -0.39 is 4.92 Å². The van der Waals surface area contributed by atoms with Gasteiger partial charge in [0, 0.05) is 37.7 Å². The number of hydrogen-bond donors (Lipinski definition) is 0. The summed E-state index contributed by atoms with van der Waals surface area (Å²) in [4.78, 5) is 16.8. The Morgan fingerprint density at radius 2 is 2.15 bits per heavy atom. The minimum atomic E-state index is -0.401. The van der Waals surface area contributed by atoms with E-state index in [4.69, 9.17) is 4.74 Å². The van der Waals surface area contributed by atoms with Crippen LogP contribution in [0.25, 0.3) is 10.9 Å². The maximum atomic E-state index is 10.7. The summed E-state index contributed by atoms with van der Waals surface area (Å²) in [5.74, 6) is 0.825. The van der Waals surface area contributed by atoms with Gasteiger partial charge in [0.25, 0.3) is 5.69 Å². The molecule has 0 saturated carbocycles. The van der Waals surface area contributed by atoms with Crippen LogP contribution in [0.5, 0.6) is 0 Å². The fourth-order valence-electron chi connectivity index (χ4n) is 1.89. The Hall–Kier alpha value is -2.21. The molecule has 20 heavy (non-hydrogen) atoms. The molecular formula is C14H17N3O3. The minimum absolute atomic E-state index is 0.0803. The quantitative estimate of drug-likeness (QED) is 0.460. The van der Waals surface area contributed by atoms with Crippen molar-refractivity contribution in [3.63, 3.8) is 0 Å². The van der Waals surface area contributed by atoms with Gasteiger partial charge >= 0.3 is 0 Å². The Kier molecular flexibility index (Phi) is 4.47. The van der Waals surface area contributed by atoms with Crippen molar-refractivity contribution in [3.05, 3.63) is 40.4 Å². The number of nitro benzene ring substituents is 1. The lowest BCUT2D eigenvalue weighted by Gasteiger charge is -2.18. The third-order valence-corrected chi connectivity index (χ3v) is 3.04. The van der Waals surface area contributed by atoms with Crippen molar-refractivity contribution in [2.45, 2.75) is 6.92 Å². The van der Waals surface area contributed by atoms with Crippen LogP contribution in [0.3, 0.4) is 0 Å². The molecule has 2 aromatic rings. The average Bonchev–Trinajstić information content (AvgIpc) is 2.46. The Bertz CT molecular complexity index is 616. The fourth-order valence-corrected chi connectivity index (χ4v) is 1.89. The van der Waals surface area contributed by atoms with Crippen LogP contribution >= 0.6 is 0 Å². The summed E-state index contributed by atoms with van der Waals surface area (Å²) in [6.45, 7) is 4.05. The summed E-state index contributed by atoms with van der Waals surface area (Å²) in [5, 5.41) is 11.5. The number of anilines is 1. The molecular weight excluding hydrogens is 258 g/mol. The number of pyridine rings is 1. The van der Waals surface area contributed by atoms with Gasteiger partial charge in [-0.05, 0) is 25.1 Å². The lowest BCUT2D eigenvalue weighted by atomic mass is 10.2. The second kappa shape index (κ2) is 6.29. The second-order valence-corrected chi connectivity index (χ2v) is 4.42. The van der Waals surface area contributed by atoms with Gasteiger partial charge in [-0.25, -0.2) is 4.98 Å². The third kappa shape index (κ3) is 3.21. The third-order valence-electron chi connectivity index (χ3n) is 3.04. The predicted molar refractivity (Wildman–Crippen MR) is 78.2 cm³/mol. The average molecular weight is 275 g/mol. The van der Waals surface area contributed by atoms with Gasteiger partial charge in [0.05, 0.1) is 17.0 Å². The molecule has 0 atom stereocenters. The standard InChI is InChI=1S/C14H17N3O3/c1-3-20-9-8-16(2)14-7-4-11-10-12(17(18)19)5-6-13(11)15-14/h4-7,10H,3,8-9H2,1-2H3.